The molecular weight excluding hydrogens is 540 g/mol. The Bertz CT molecular complexity index is 1370. The lowest BCUT2D eigenvalue weighted by atomic mass is 9.77. The van der Waals surface area contributed by atoms with Gasteiger partial charge in [-0.2, -0.15) is 0 Å². The van der Waals surface area contributed by atoms with Crippen LogP contribution in [0.15, 0.2) is 102 Å². The summed E-state index contributed by atoms with van der Waals surface area (Å²) >= 11 is 1.26. The highest BCUT2D eigenvalue weighted by Gasteiger charge is 2.37. The number of carbonyl (C=O) groups excluding carboxylic acids is 1. The molecule has 212 valence electrons. The standard InChI is InChI=1S/C31H32N4O5S/c1-30(2,3)40-29(38)32-19-20-39-35-26(27(36)37)25-21-41-28(33-25)34-31(22-13-7-4-8-14-22,23-15-9-5-10-16-23)24-17-11-6-12-18-24/h4-18,21H,19-20H2,1-3H3,(H,32,38)(H,33,34)(H,36,37). The number of carboxylic acid groups (broad SMARTS) is 1. The van der Waals surface area contributed by atoms with Crippen molar-refractivity contribution in [1.82, 2.24) is 10.3 Å². The number of amides is 1. The monoisotopic (exact) mass is 572 g/mol. The molecule has 0 aliphatic heterocycles. The molecule has 1 amide bonds. The predicted molar refractivity (Wildman–Crippen MR) is 159 cm³/mol. The van der Waals surface area contributed by atoms with Gasteiger partial charge in [-0.05, 0) is 37.5 Å². The van der Waals surface area contributed by atoms with E-state index in [1.807, 2.05) is 91.0 Å². The lowest BCUT2D eigenvalue weighted by molar-refractivity contribution is -0.129. The van der Waals surface area contributed by atoms with Crippen molar-refractivity contribution in [2.24, 2.45) is 5.16 Å². The van der Waals surface area contributed by atoms with Crippen molar-refractivity contribution in [1.29, 1.82) is 0 Å². The first-order valence-electron chi connectivity index (χ1n) is 13.0. The van der Waals surface area contributed by atoms with Gasteiger partial charge < -0.3 is 25.3 Å². The van der Waals surface area contributed by atoms with Gasteiger partial charge in [0.2, 0.25) is 5.71 Å². The summed E-state index contributed by atoms with van der Waals surface area (Å²) in [7, 11) is 0. The molecule has 0 spiro atoms. The molecule has 4 rings (SSSR count). The molecule has 0 unspecified atom stereocenters. The summed E-state index contributed by atoms with van der Waals surface area (Å²) in [5.74, 6) is -1.29. The minimum Gasteiger partial charge on any atom is -0.476 e. The van der Waals surface area contributed by atoms with Gasteiger partial charge in [0.25, 0.3) is 0 Å². The Hall–Kier alpha value is -4.70. The summed E-state index contributed by atoms with van der Waals surface area (Å²) < 4.78 is 5.16. The Morgan fingerprint density at radius 3 is 1.85 bits per heavy atom. The number of thiazole rings is 1. The van der Waals surface area contributed by atoms with Crippen molar-refractivity contribution in [3.8, 4) is 0 Å². The maximum absolute atomic E-state index is 12.0. The third-order valence-electron chi connectivity index (χ3n) is 5.88. The minimum atomic E-state index is -1.29. The topological polar surface area (TPSA) is 122 Å². The number of alkyl carbamates (subject to hydrolysis) is 1. The summed E-state index contributed by atoms with van der Waals surface area (Å²) in [6.07, 6.45) is -0.600. The van der Waals surface area contributed by atoms with Crippen LogP contribution in [0, 0.1) is 0 Å². The van der Waals surface area contributed by atoms with E-state index < -0.39 is 23.2 Å². The van der Waals surface area contributed by atoms with Crippen molar-refractivity contribution in [2.75, 3.05) is 18.5 Å². The molecule has 10 heteroatoms. The van der Waals surface area contributed by atoms with Crippen LogP contribution in [0.3, 0.4) is 0 Å². The van der Waals surface area contributed by atoms with Gasteiger partial charge in [-0.3, -0.25) is 0 Å². The first-order chi connectivity index (χ1) is 19.7. The Morgan fingerprint density at radius 1 is 0.878 bits per heavy atom. The molecule has 3 aromatic carbocycles. The summed E-state index contributed by atoms with van der Waals surface area (Å²) in [6.45, 7) is 5.31. The third-order valence-corrected chi connectivity index (χ3v) is 6.64. The quantitative estimate of drug-likeness (QED) is 0.0888. The number of benzene rings is 3. The smallest absolute Gasteiger partial charge is 0.407 e. The number of carbonyl (C=O) groups is 2. The van der Waals surface area contributed by atoms with E-state index in [1.165, 1.54) is 11.3 Å². The predicted octanol–water partition coefficient (Wildman–Crippen LogP) is 5.88. The van der Waals surface area contributed by atoms with Gasteiger partial charge in [-0.15, -0.1) is 11.3 Å². The van der Waals surface area contributed by atoms with E-state index in [9.17, 15) is 14.7 Å². The van der Waals surface area contributed by atoms with Crippen LogP contribution in [0.1, 0.15) is 43.2 Å². The summed E-state index contributed by atoms with van der Waals surface area (Å²) in [5.41, 5.74) is 1.31. The van der Waals surface area contributed by atoms with Crippen LogP contribution in [0.4, 0.5) is 9.93 Å². The molecule has 41 heavy (non-hydrogen) atoms. The zero-order valence-corrected chi connectivity index (χ0v) is 23.9. The first kappa shape index (κ1) is 29.3. The number of hydrogen-bond acceptors (Lipinski definition) is 8. The second kappa shape index (κ2) is 13.1. The fourth-order valence-corrected chi connectivity index (χ4v) is 4.95. The molecule has 1 heterocycles. The fraction of sp³-hybridized carbons (Fsp3) is 0.226. The van der Waals surface area contributed by atoms with E-state index in [1.54, 1.807) is 26.2 Å². The van der Waals surface area contributed by atoms with Crippen LogP contribution in [-0.4, -0.2) is 46.6 Å². The zero-order valence-electron chi connectivity index (χ0n) is 23.0. The van der Waals surface area contributed by atoms with E-state index >= 15 is 0 Å². The normalized spacial score (nSPS) is 11.9. The average Bonchev–Trinajstić information content (AvgIpc) is 3.41. The second-order valence-corrected chi connectivity index (χ2v) is 10.9. The first-order valence-corrected chi connectivity index (χ1v) is 13.9. The van der Waals surface area contributed by atoms with Crippen LogP contribution in [0.25, 0.3) is 0 Å². The maximum atomic E-state index is 12.0. The van der Waals surface area contributed by atoms with Crippen molar-refractivity contribution >= 4 is 34.2 Å². The van der Waals surface area contributed by atoms with Gasteiger partial charge in [-0.1, -0.05) is 96.2 Å². The maximum Gasteiger partial charge on any atom is 0.407 e. The number of aliphatic carboxylic acids is 1. The number of anilines is 1. The molecule has 3 N–H and O–H groups in total. The van der Waals surface area contributed by atoms with E-state index in [0.29, 0.717) is 5.13 Å². The molecule has 0 radical (unpaired) electrons. The summed E-state index contributed by atoms with van der Waals surface area (Å²) in [5, 5.41) is 21.9. The van der Waals surface area contributed by atoms with E-state index in [0.717, 1.165) is 16.7 Å². The highest BCUT2D eigenvalue weighted by atomic mass is 32.1. The van der Waals surface area contributed by atoms with Crippen molar-refractivity contribution < 1.29 is 24.3 Å². The van der Waals surface area contributed by atoms with E-state index in [-0.39, 0.29) is 24.6 Å². The Balaban J connectivity index is 1.60. The molecule has 0 fully saturated rings. The number of ether oxygens (including phenoxy) is 1. The van der Waals surface area contributed by atoms with Gasteiger partial charge in [0.15, 0.2) is 5.13 Å². The molecule has 9 nitrogen and oxygen atoms in total. The molecule has 0 saturated carbocycles. The number of oxime groups is 1. The van der Waals surface area contributed by atoms with Crippen LogP contribution >= 0.6 is 11.3 Å². The SMILES string of the molecule is CC(C)(C)OC(=O)NCCON=C(C(=O)O)c1csc(NC(c2ccccc2)(c2ccccc2)c2ccccc2)n1. The number of nitrogens with one attached hydrogen (secondary N) is 2. The van der Waals surface area contributed by atoms with Gasteiger partial charge in [0, 0.05) is 5.38 Å². The van der Waals surface area contributed by atoms with Crippen molar-refractivity contribution in [3.05, 3.63) is 119 Å². The number of carboxylic acids is 1. The molecule has 1 aromatic heterocycles. The molecular formula is C31H32N4O5S. The Morgan fingerprint density at radius 2 is 1.39 bits per heavy atom. The average molecular weight is 573 g/mol. The number of hydrogen-bond donors (Lipinski definition) is 3. The van der Waals surface area contributed by atoms with Crippen LogP contribution in [-0.2, 0) is 19.9 Å². The highest BCUT2D eigenvalue weighted by Crippen LogP contribution is 2.40. The second-order valence-electron chi connectivity index (χ2n) is 10.0. The van der Waals surface area contributed by atoms with Crippen molar-refractivity contribution in [3.63, 3.8) is 0 Å². The number of aromatic nitrogens is 1. The Kier molecular flexibility index (Phi) is 9.36. The fourth-order valence-electron chi connectivity index (χ4n) is 4.20. The zero-order chi connectivity index (χ0) is 29.3. The van der Waals surface area contributed by atoms with Gasteiger partial charge in [0.05, 0.1) is 6.54 Å². The molecule has 0 aliphatic carbocycles. The third kappa shape index (κ3) is 7.49. The molecule has 0 bridgehead atoms. The highest BCUT2D eigenvalue weighted by molar-refractivity contribution is 7.14. The Labute approximate surface area is 242 Å². The summed E-state index contributed by atoms with van der Waals surface area (Å²) in [4.78, 5) is 33.6. The van der Waals surface area contributed by atoms with Gasteiger partial charge in [0.1, 0.15) is 23.4 Å². The molecule has 0 saturated heterocycles. The lowest BCUT2D eigenvalue weighted by Crippen LogP contribution is -2.38. The number of nitrogens with zero attached hydrogens (tertiary/aromatic N) is 2. The molecule has 4 aromatic rings. The van der Waals surface area contributed by atoms with Crippen LogP contribution in [0.5, 0.6) is 0 Å². The van der Waals surface area contributed by atoms with Gasteiger partial charge in [-0.25, -0.2) is 14.6 Å². The molecule has 0 aliphatic rings. The lowest BCUT2D eigenvalue weighted by Gasteiger charge is -2.36. The molecule has 0 atom stereocenters. The van der Waals surface area contributed by atoms with Crippen LogP contribution < -0.4 is 10.6 Å². The largest absolute Gasteiger partial charge is 0.476 e. The van der Waals surface area contributed by atoms with Gasteiger partial charge >= 0.3 is 12.1 Å². The number of rotatable bonds is 11. The van der Waals surface area contributed by atoms with Crippen LogP contribution in [0.2, 0.25) is 0 Å². The minimum absolute atomic E-state index is 0.0512. The van der Waals surface area contributed by atoms with Crippen molar-refractivity contribution in [2.45, 2.75) is 31.9 Å². The summed E-state index contributed by atoms with van der Waals surface area (Å²) in [6, 6.07) is 30.1. The van der Waals surface area contributed by atoms with E-state index in [2.05, 4.69) is 20.8 Å². The van der Waals surface area contributed by atoms with E-state index in [4.69, 9.17) is 9.57 Å².